The number of aryl methyl sites for hydroxylation is 1. The van der Waals surface area contributed by atoms with Crippen molar-refractivity contribution in [1.29, 1.82) is 0 Å². The van der Waals surface area contributed by atoms with Crippen LogP contribution in [0.5, 0.6) is 0 Å². The maximum Gasteiger partial charge on any atom is 0.328 e. The molecule has 3 nitrogen and oxygen atoms in total. The molecule has 0 spiro atoms. The molecule has 0 bridgehead atoms. The molecule has 1 heterocycles. The van der Waals surface area contributed by atoms with Gasteiger partial charge in [-0.05, 0) is 24.6 Å². The lowest BCUT2D eigenvalue weighted by Gasteiger charge is -1.94. The molecular weight excluding hydrogens is 192 g/mol. The van der Waals surface area contributed by atoms with Crippen LogP contribution in [-0.4, -0.2) is 11.1 Å². The van der Waals surface area contributed by atoms with Crippen molar-refractivity contribution in [2.75, 3.05) is 0 Å². The van der Waals surface area contributed by atoms with Crippen LogP contribution < -0.4 is 0 Å². The van der Waals surface area contributed by atoms with Crippen LogP contribution >= 0.6 is 0 Å². The van der Waals surface area contributed by atoms with Crippen LogP contribution in [0.2, 0.25) is 0 Å². The largest absolute Gasteiger partial charge is 0.478 e. The summed E-state index contributed by atoms with van der Waals surface area (Å²) in [6.45, 7) is 2.16. The number of furan rings is 1. The second kappa shape index (κ2) is 6.06. The molecule has 3 heteroatoms. The predicted octanol–water partition coefficient (Wildman–Crippen LogP) is 3.11. The smallest absolute Gasteiger partial charge is 0.328 e. The second-order valence-electron chi connectivity index (χ2n) is 3.43. The van der Waals surface area contributed by atoms with Crippen molar-refractivity contribution in [3.8, 4) is 0 Å². The van der Waals surface area contributed by atoms with Crippen LogP contribution in [0.3, 0.4) is 0 Å². The summed E-state index contributed by atoms with van der Waals surface area (Å²) in [7, 11) is 0. The van der Waals surface area contributed by atoms with E-state index in [0.29, 0.717) is 5.76 Å². The Kier molecular flexibility index (Phi) is 4.68. The molecular formula is C12H16O3. The summed E-state index contributed by atoms with van der Waals surface area (Å²) in [4.78, 5) is 10.3. The van der Waals surface area contributed by atoms with E-state index in [9.17, 15) is 4.79 Å². The van der Waals surface area contributed by atoms with Crippen molar-refractivity contribution >= 4 is 12.0 Å². The summed E-state index contributed by atoms with van der Waals surface area (Å²) in [6, 6.07) is 3.69. The molecule has 1 aromatic rings. The Morgan fingerprint density at radius 2 is 2.27 bits per heavy atom. The average molecular weight is 208 g/mol. The van der Waals surface area contributed by atoms with Crippen LogP contribution in [0.4, 0.5) is 0 Å². The summed E-state index contributed by atoms with van der Waals surface area (Å²) >= 11 is 0. The number of rotatable bonds is 6. The highest BCUT2D eigenvalue weighted by atomic mass is 16.4. The van der Waals surface area contributed by atoms with E-state index in [4.69, 9.17) is 9.52 Å². The summed E-state index contributed by atoms with van der Waals surface area (Å²) in [5.41, 5.74) is 0. The third-order valence-corrected chi connectivity index (χ3v) is 2.10. The monoisotopic (exact) mass is 208 g/mol. The predicted molar refractivity (Wildman–Crippen MR) is 58.6 cm³/mol. The number of carboxylic acid groups (broad SMARTS) is 1. The Hall–Kier alpha value is -1.51. The van der Waals surface area contributed by atoms with E-state index in [0.717, 1.165) is 24.7 Å². The third-order valence-electron chi connectivity index (χ3n) is 2.10. The molecule has 0 fully saturated rings. The van der Waals surface area contributed by atoms with Crippen molar-refractivity contribution in [3.05, 3.63) is 29.7 Å². The Morgan fingerprint density at radius 3 is 2.93 bits per heavy atom. The molecule has 0 radical (unpaired) electrons. The van der Waals surface area contributed by atoms with Gasteiger partial charge in [0.15, 0.2) is 0 Å². The van der Waals surface area contributed by atoms with Crippen LogP contribution in [0.1, 0.15) is 37.7 Å². The van der Waals surface area contributed by atoms with Crippen molar-refractivity contribution < 1.29 is 14.3 Å². The van der Waals surface area contributed by atoms with Gasteiger partial charge in [-0.15, -0.1) is 0 Å². The first-order valence-corrected chi connectivity index (χ1v) is 5.22. The van der Waals surface area contributed by atoms with Crippen molar-refractivity contribution in [2.45, 2.75) is 32.6 Å². The summed E-state index contributed by atoms with van der Waals surface area (Å²) < 4.78 is 5.43. The fourth-order valence-corrected chi connectivity index (χ4v) is 1.32. The molecule has 15 heavy (non-hydrogen) atoms. The molecule has 1 rings (SSSR count). The quantitative estimate of drug-likeness (QED) is 0.577. The number of carbonyl (C=O) groups is 1. The van der Waals surface area contributed by atoms with E-state index in [1.807, 2.05) is 6.07 Å². The Bertz CT molecular complexity index is 336. The zero-order valence-electron chi connectivity index (χ0n) is 8.90. The molecule has 1 aromatic heterocycles. The fraction of sp³-hybridized carbons (Fsp3) is 0.417. The molecule has 0 aromatic carbocycles. The molecule has 0 unspecified atom stereocenters. The topological polar surface area (TPSA) is 50.4 Å². The van der Waals surface area contributed by atoms with E-state index >= 15 is 0 Å². The molecule has 0 atom stereocenters. The van der Waals surface area contributed by atoms with Gasteiger partial charge < -0.3 is 9.52 Å². The van der Waals surface area contributed by atoms with Gasteiger partial charge in [-0.25, -0.2) is 4.79 Å². The SMILES string of the molecule is CCCCCc1ccc(/C=C/C(=O)O)o1. The average Bonchev–Trinajstić information content (AvgIpc) is 2.63. The van der Waals surface area contributed by atoms with Gasteiger partial charge in [-0.1, -0.05) is 19.8 Å². The van der Waals surface area contributed by atoms with E-state index in [2.05, 4.69) is 6.92 Å². The summed E-state index contributed by atoms with van der Waals surface area (Å²) in [5, 5.41) is 8.43. The van der Waals surface area contributed by atoms with Crippen molar-refractivity contribution in [1.82, 2.24) is 0 Å². The van der Waals surface area contributed by atoms with Crippen LogP contribution in [-0.2, 0) is 11.2 Å². The zero-order chi connectivity index (χ0) is 11.1. The molecule has 0 aliphatic heterocycles. The molecule has 0 saturated carbocycles. The third kappa shape index (κ3) is 4.49. The number of hydrogen-bond donors (Lipinski definition) is 1. The lowest BCUT2D eigenvalue weighted by molar-refractivity contribution is -0.131. The van der Waals surface area contributed by atoms with Gasteiger partial charge >= 0.3 is 5.97 Å². The molecule has 82 valence electrons. The molecule has 1 N–H and O–H groups in total. The van der Waals surface area contributed by atoms with Gasteiger partial charge in [0.2, 0.25) is 0 Å². The first kappa shape index (κ1) is 11.6. The van der Waals surface area contributed by atoms with E-state index in [1.54, 1.807) is 6.07 Å². The van der Waals surface area contributed by atoms with Crippen molar-refractivity contribution in [2.24, 2.45) is 0 Å². The van der Waals surface area contributed by atoms with Crippen LogP contribution in [0.15, 0.2) is 22.6 Å². The fourth-order valence-electron chi connectivity index (χ4n) is 1.32. The lowest BCUT2D eigenvalue weighted by atomic mass is 10.2. The van der Waals surface area contributed by atoms with Gasteiger partial charge in [0.25, 0.3) is 0 Å². The van der Waals surface area contributed by atoms with Crippen LogP contribution in [0.25, 0.3) is 6.08 Å². The number of carboxylic acids is 1. The zero-order valence-corrected chi connectivity index (χ0v) is 8.90. The van der Waals surface area contributed by atoms with Gasteiger partial charge in [-0.3, -0.25) is 0 Å². The highest BCUT2D eigenvalue weighted by molar-refractivity contribution is 5.84. The van der Waals surface area contributed by atoms with E-state index < -0.39 is 5.97 Å². The Labute approximate surface area is 89.4 Å². The molecule has 0 aliphatic rings. The summed E-state index contributed by atoms with van der Waals surface area (Å²) in [5.74, 6) is 0.566. The minimum atomic E-state index is -0.959. The first-order valence-electron chi connectivity index (χ1n) is 5.22. The van der Waals surface area contributed by atoms with Gasteiger partial charge in [0.1, 0.15) is 11.5 Å². The minimum Gasteiger partial charge on any atom is -0.478 e. The Morgan fingerprint density at radius 1 is 1.47 bits per heavy atom. The Balaban J connectivity index is 2.45. The van der Waals surface area contributed by atoms with Gasteiger partial charge in [0, 0.05) is 12.5 Å². The minimum absolute atomic E-state index is 0.601. The normalized spacial score (nSPS) is 11.0. The maximum atomic E-state index is 10.3. The lowest BCUT2D eigenvalue weighted by Crippen LogP contribution is -1.84. The number of aliphatic carboxylic acids is 1. The number of unbranched alkanes of at least 4 members (excludes halogenated alkanes) is 2. The molecule has 0 aliphatic carbocycles. The summed E-state index contributed by atoms with van der Waals surface area (Å²) in [6.07, 6.45) is 6.97. The van der Waals surface area contributed by atoms with Crippen LogP contribution in [0, 0.1) is 0 Å². The number of hydrogen-bond acceptors (Lipinski definition) is 2. The molecule has 0 amide bonds. The highest BCUT2D eigenvalue weighted by Crippen LogP contribution is 2.12. The first-order chi connectivity index (χ1) is 7.22. The van der Waals surface area contributed by atoms with E-state index in [1.165, 1.54) is 18.9 Å². The second-order valence-corrected chi connectivity index (χ2v) is 3.43. The molecule has 0 saturated heterocycles. The highest BCUT2D eigenvalue weighted by Gasteiger charge is 1.99. The van der Waals surface area contributed by atoms with Gasteiger partial charge in [-0.2, -0.15) is 0 Å². The maximum absolute atomic E-state index is 10.3. The standard InChI is InChI=1S/C12H16O3/c1-2-3-4-5-10-6-7-11(15-10)8-9-12(13)14/h6-9H,2-5H2,1H3,(H,13,14)/b9-8+. The van der Waals surface area contributed by atoms with Gasteiger partial charge in [0.05, 0.1) is 0 Å². The van der Waals surface area contributed by atoms with Crippen molar-refractivity contribution in [3.63, 3.8) is 0 Å². The van der Waals surface area contributed by atoms with E-state index in [-0.39, 0.29) is 0 Å².